The molecular weight excluding hydrogens is 276 g/mol. The maximum Gasteiger partial charge on any atom is 0.307 e. The van der Waals surface area contributed by atoms with E-state index in [0.717, 1.165) is 0 Å². The number of ether oxygens (including phenoxy) is 3. The van der Waals surface area contributed by atoms with Crippen molar-refractivity contribution in [2.45, 2.75) is 13.3 Å². The van der Waals surface area contributed by atoms with Crippen LogP contribution in [0.1, 0.15) is 23.7 Å². The average molecular weight is 296 g/mol. The van der Waals surface area contributed by atoms with E-state index in [1.807, 2.05) is 0 Å². The van der Waals surface area contributed by atoms with E-state index in [1.165, 1.54) is 20.3 Å². The van der Waals surface area contributed by atoms with E-state index in [1.54, 1.807) is 13.0 Å². The Balaban J connectivity index is 2.75. The molecule has 1 aromatic carbocycles. The summed E-state index contributed by atoms with van der Waals surface area (Å²) in [5.41, 5.74) is 6.31. The minimum absolute atomic E-state index is 0.0978. The van der Waals surface area contributed by atoms with Gasteiger partial charge < -0.3 is 25.3 Å². The topological polar surface area (TPSA) is 99.9 Å². The Morgan fingerprint density at radius 1 is 1.24 bits per heavy atom. The van der Waals surface area contributed by atoms with Crippen molar-refractivity contribution in [1.82, 2.24) is 5.32 Å². The molecule has 0 saturated heterocycles. The molecule has 0 unspecified atom stereocenters. The number of hydrogen-bond acceptors (Lipinski definition) is 6. The lowest BCUT2D eigenvalue weighted by Gasteiger charge is -2.12. The first-order valence-corrected chi connectivity index (χ1v) is 6.48. The van der Waals surface area contributed by atoms with E-state index >= 15 is 0 Å². The van der Waals surface area contributed by atoms with Crippen molar-refractivity contribution in [1.29, 1.82) is 0 Å². The van der Waals surface area contributed by atoms with E-state index in [9.17, 15) is 9.59 Å². The molecule has 7 heteroatoms. The molecule has 0 saturated carbocycles. The molecule has 0 aromatic heterocycles. The highest BCUT2D eigenvalue weighted by Crippen LogP contribution is 2.30. The second-order valence-electron chi connectivity index (χ2n) is 4.10. The van der Waals surface area contributed by atoms with Crippen molar-refractivity contribution < 1.29 is 23.8 Å². The molecule has 0 spiro atoms. The number of rotatable bonds is 7. The number of anilines is 1. The van der Waals surface area contributed by atoms with E-state index in [4.69, 9.17) is 19.9 Å². The summed E-state index contributed by atoms with van der Waals surface area (Å²) in [7, 11) is 2.93. The van der Waals surface area contributed by atoms with Crippen molar-refractivity contribution in [2.75, 3.05) is 33.1 Å². The second-order valence-corrected chi connectivity index (χ2v) is 4.10. The lowest BCUT2D eigenvalue weighted by molar-refractivity contribution is -0.142. The Morgan fingerprint density at radius 2 is 1.95 bits per heavy atom. The van der Waals surface area contributed by atoms with Crippen molar-refractivity contribution >= 4 is 17.6 Å². The van der Waals surface area contributed by atoms with Gasteiger partial charge in [-0.2, -0.15) is 0 Å². The highest BCUT2D eigenvalue weighted by atomic mass is 16.5. The van der Waals surface area contributed by atoms with Gasteiger partial charge in [-0.3, -0.25) is 9.59 Å². The first-order valence-electron chi connectivity index (χ1n) is 6.48. The summed E-state index contributed by atoms with van der Waals surface area (Å²) in [4.78, 5) is 23.3. The van der Waals surface area contributed by atoms with Crippen LogP contribution in [0, 0.1) is 0 Å². The van der Waals surface area contributed by atoms with Crippen LogP contribution < -0.4 is 20.5 Å². The summed E-state index contributed by atoms with van der Waals surface area (Å²) in [6.45, 7) is 2.20. The molecule has 0 radical (unpaired) electrons. The zero-order valence-electron chi connectivity index (χ0n) is 12.4. The summed E-state index contributed by atoms with van der Waals surface area (Å²) < 4.78 is 15.0. The van der Waals surface area contributed by atoms with Gasteiger partial charge in [-0.25, -0.2) is 0 Å². The van der Waals surface area contributed by atoms with Gasteiger partial charge in [-0.1, -0.05) is 0 Å². The van der Waals surface area contributed by atoms with Gasteiger partial charge in [0.15, 0.2) is 0 Å². The predicted octanol–water partition coefficient (Wildman–Crippen LogP) is 0.969. The molecule has 0 aliphatic heterocycles. The predicted molar refractivity (Wildman–Crippen MR) is 77.5 cm³/mol. The largest absolute Gasteiger partial charge is 0.497 e. The van der Waals surface area contributed by atoms with Gasteiger partial charge in [-0.15, -0.1) is 0 Å². The fourth-order valence-corrected chi connectivity index (χ4v) is 1.68. The van der Waals surface area contributed by atoms with E-state index < -0.39 is 5.91 Å². The molecule has 0 atom stereocenters. The van der Waals surface area contributed by atoms with Crippen LogP contribution in [0.15, 0.2) is 12.1 Å². The maximum atomic E-state index is 12.1. The number of nitrogens with one attached hydrogen (secondary N) is 1. The highest BCUT2D eigenvalue weighted by molar-refractivity contribution is 6.01. The van der Waals surface area contributed by atoms with Crippen LogP contribution in [0.3, 0.4) is 0 Å². The molecule has 116 valence electrons. The number of carbonyl (C=O) groups excluding carboxylic acids is 2. The Morgan fingerprint density at radius 3 is 2.52 bits per heavy atom. The molecule has 0 aliphatic rings. The molecule has 3 N–H and O–H groups in total. The first kappa shape index (κ1) is 16.6. The normalized spacial score (nSPS) is 9.86. The van der Waals surface area contributed by atoms with Crippen LogP contribution >= 0.6 is 0 Å². The Bertz CT molecular complexity index is 516. The third-order valence-corrected chi connectivity index (χ3v) is 2.74. The Labute approximate surface area is 123 Å². The Hall–Kier alpha value is -2.44. The van der Waals surface area contributed by atoms with Gasteiger partial charge in [-0.05, 0) is 13.0 Å². The molecule has 7 nitrogen and oxygen atoms in total. The number of methoxy groups -OCH3 is 2. The molecule has 0 bridgehead atoms. The lowest BCUT2D eigenvalue weighted by Crippen LogP contribution is -2.27. The minimum Gasteiger partial charge on any atom is -0.497 e. The fourth-order valence-electron chi connectivity index (χ4n) is 1.68. The first-order chi connectivity index (χ1) is 10.0. The molecule has 0 aliphatic carbocycles. The van der Waals surface area contributed by atoms with Crippen LogP contribution in [-0.2, 0) is 9.53 Å². The van der Waals surface area contributed by atoms with Crippen molar-refractivity contribution in [3.63, 3.8) is 0 Å². The zero-order chi connectivity index (χ0) is 15.8. The summed E-state index contributed by atoms with van der Waals surface area (Å²) in [5.74, 6) is 0.0319. The molecule has 0 heterocycles. The lowest BCUT2D eigenvalue weighted by atomic mass is 10.1. The molecule has 1 rings (SSSR count). The third-order valence-electron chi connectivity index (χ3n) is 2.74. The van der Waals surface area contributed by atoms with Gasteiger partial charge in [0.1, 0.15) is 11.5 Å². The Kier molecular flexibility index (Phi) is 6.32. The average Bonchev–Trinajstić information content (AvgIpc) is 2.47. The number of benzene rings is 1. The number of hydrogen-bond donors (Lipinski definition) is 2. The standard InChI is InChI=1S/C14H20N2O5/c1-4-21-12(17)5-6-16-14(18)10-7-9(19-2)8-11(20-3)13(10)15/h7-8H,4-6,15H2,1-3H3,(H,16,18). The monoisotopic (exact) mass is 296 g/mol. The van der Waals surface area contributed by atoms with E-state index in [-0.39, 0.29) is 30.2 Å². The third kappa shape index (κ3) is 4.55. The summed E-state index contributed by atoms with van der Waals surface area (Å²) in [5, 5.41) is 2.60. The van der Waals surface area contributed by atoms with Gasteiger partial charge in [0.2, 0.25) is 0 Å². The number of esters is 1. The van der Waals surface area contributed by atoms with Crippen LogP contribution in [0.5, 0.6) is 11.5 Å². The smallest absolute Gasteiger partial charge is 0.307 e. The molecule has 0 fully saturated rings. The summed E-state index contributed by atoms with van der Waals surface area (Å²) in [6, 6.07) is 3.10. The van der Waals surface area contributed by atoms with Gasteiger partial charge in [0, 0.05) is 12.6 Å². The van der Waals surface area contributed by atoms with E-state index in [2.05, 4.69) is 5.32 Å². The van der Waals surface area contributed by atoms with Crippen molar-refractivity contribution in [2.24, 2.45) is 0 Å². The zero-order valence-corrected chi connectivity index (χ0v) is 12.4. The van der Waals surface area contributed by atoms with Gasteiger partial charge in [0.05, 0.1) is 38.5 Å². The number of carbonyl (C=O) groups is 2. The summed E-state index contributed by atoms with van der Waals surface area (Å²) in [6.07, 6.45) is 0.0978. The number of nitrogen functional groups attached to an aromatic ring is 1. The highest BCUT2D eigenvalue weighted by Gasteiger charge is 2.16. The van der Waals surface area contributed by atoms with Crippen LogP contribution in [0.4, 0.5) is 5.69 Å². The molecule has 21 heavy (non-hydrogen) atoms. The molecule has 1 aromatic rings. The maximum absolute atomic E-state index is 12.1. The fraction of sp³-hybridized carbons (Fsp3) is 0.429. The van der Waals surface area contributed by atoms with Crippen LogP contribution in [-0.4, -0.2) is 39.2 Å². The summed E-state index contributed by atoms with van der Waals surface area (Å²) >= 11 is 0. The molecule has 1 amide bonds. The SMILES string of the molecule is CCOC(=O)CCNC(=O)c1cc(OC)cc(OC)c1N. The second kappa shape index (κ2) is 7.98. The van der Waals surface area contributed by atoms with Gasteiger partial charge >= 0.3 is 5.97 Å². The van der Waals surface area contributed by atoms with Crippen molar-refractivity contribution in [3.8, 4) is 11.5 Å². The van der Waals surface area contributed by atoms with Crippen molar-refractivity contribution in [3.05, 3.63) is 17.7 Å². The minimum atomic E-state index is -0.408. The van der Waals surface area contributed by atoms with Gasteiger partial charge in [0.25, 0.3) is 5.91 Å². The van der Waals surface area contributed by atoms with E-state index in [0.29, 0.717) is 18.1 Å². The number of amides is 1. The quantitative estimate of drug-likeness (QED) is 0.574. The van der Waals surface area contributed by atoms with Crippen LogP contribution in [0.25, 0.3) is 0 Å². The van der Waals surface area contributed by atoms with Crippen LogP contribution in [0.2, 0.25) is 0 Å². The molecular formula is C14H20N2O5. The number of nitrogens with two attached hydrogens (primary N) is 1.